The van der Waals surface area contributed by atoms with Crippen molar-refractivity contribution in [3.05, 3.63) is 41.0 Å². The van der Waals surface area contributed by atoms with Gasteiger partial charge >= 0.3 is 5.97 Å². The molecule has 0 amide bonds. The molecule has 4 atom stereocenters. The Morgan fingerprint density at radius 1 is 1.14 bits per heavy atom. The molecule has 0 radical (unpaired) electrons. The highest BCUT2D eigenvalue weighted by molar-refractivity contribution is 5.98. The highest BCUT2D eigenvalue weighted by Gasteiger charge is 2.51. The highest BCUT2D eigenvalue weighted by Crippen LogP contribution is 2.51. The van der Waals surface area contributed by atoms with Crippen molar-refractivity contribution in [1.82, 2.24) is 0 Å². The van der Waals surface area contributed by atoms with E-state index in [1.54, 1.807) is 45.2 Å². The first kappa shape index (κ1) is 20.3. The number of Topliss-reactive ketones (excluding diaryl/α,β-unsaturated/α-hetero) is 2. The van der Waals surface area contributed by atoms with E-state index >= 15 is 0 Å². The summed E-state index contributed by atoms with van der Waals surface area (Å²) in [4.78, 5) is 37.7. The first-order valence-electron chi connectivity index (χ1n) is 9.83. The molecule has 0 heterocycles. The molecule has 5 nitrogen and oxygen atoms in total. The van der Waals surface area contributed by atoms with Gasteiger partial charge in [-0.1, -0.05) is 13.8 Å². The van der Waals surface area contributed by atoms with Crippen molar-refractivity contribution in [2.75, 3.05) is 7.11 Å². The molecule has 3 rings (SSSR count). The third-order valence-electron chi connectivity index (χ3n) is 6.29. The minimum atomic E-state index is -0.529. The van der Waals surface area contributed by atoms with Crippen molar-refractivity contribution >= 4 is 17.5 Å². The predicted molar refractivity (Wildman–Crippen MR) is 105 cm³/mol. The Balaban J connectivity index is 1.92. The molecule has 5 heteroatoms. The van der Waals surface area contributed by atoms with Crippen molar-refractivity contribution in [3.8, 4) is 5.75 Å². The van der Waals surface area contributed by atoms with E-state index in [9.17, 15) is 14.4 Å². The van der Waals surface area contributed by atoms with Gasteiger partial charge in [0, 0.05) is 12.3 Å². The fourth-order valence-corrected chi connectivity index (χ4v) is 4.72. The van der Waals surface area contributed by atoms with Gasteiger partial charge in [0.25, 0.3) is 0 Å². The lowest BCUT2D eigenvalue weighted by atomic mass is 9.68. The predicted octanol–water partition coefficient (Wildman–Crippen LogP) is 4.01. The van der Waals surface area contributed by atoms with Gasteiger partial charge in [-0.15, -0.1) is 0 Å². The van der Waals surface area contributed by atoms with Crippen molar-refractivity contribution in [1.29, 1.82) is 0 Å². The number of methoxy groups -OCH3 is 1. The van der Waals surface area contributed by atoms with E-state index in [2.05, 4.69) is 13.8 Å². The molecule has 0 aliphatic heterocycles. The summed E-state index contributed by atoms with van der Waals surface area (Å²) in [7, 11) is 1.56. The first-order valence-corrected chi connectivity index (χ1v) is 9.83. The number of carbonyl (C=O) groups is 3. The van der Waals surface area contributed by atoms with Gasteiger partial charge in [0.2, 0.25) is 0 Å². The minimum Gasteiger partial charge on any atom is -0.497 e. The third kappa shape index (κ3) is 3.62. The number of carbonyl (C=O) groups excluding carboxylic acids is 3. The number of allylic oxidation sites excluding steroid dienone is 1. The number of hydrogen-bond acceptors (Lipinski definition) is 5. The number of fused-ring (bicyclic) bond motifs is 1. The van der Waals surface area contributed by atoms with Gasteiger partial charge < -0.3 is 9.47 Å². The molecule has 0 saturated heterocycles. The second kappa shape index (κ2) is 7.90. The number of ether oxygens (including phenoxy) is 2. The summed E-state index contributed by atoms with van der Waals surface area (Å²) in [6.07, 6.45) is 0.380. The molecule has 28 heavy (non-hydrogen) atoms. The molecular formula is C23H28O5. The van der Waals surface area contributed by atoms with Crippen LogP contribution in [0.25, 0.3) is 0 Å². The van der Waals surface area contributed by atoms with Crippen LogP contribution in [0.1, 0.15) is 50.9 Å². The molecule has 2 aliphatic carbocycles. The molecule has 1 fully saturated rings. The number of esters is 1. The highest BCUT2D eigenvalue weighted by atomic mass is 16.5. The summed E-state index contributed by atoms with van der Waals surface area (Å²) >= 11 is 0. The third-order valence-corrected chi connectivity index (χ3v) is 6.29. The SMILES string of the molecule is COc1ccc(C(=O)O[C@H]2C[C@H](C(C)=O)[C@@H]3C2=C(C)C(=O)C[C@H]3C(C)C)cc1. The van der Waals surface area contributed by atoms with Crippen molar-refractivity contribution in [2.24, 2.45) is 23.7 Å². The van der Waals surface area contributed by atoms with E-state index in [-0.39, 0.29) is 35.2 Å². The van der Waals surface area contributed by atoms with Crippen LogP contribution in [0.2, 0.25) is 0 Å². The van der Waals surface area contributed by atoms with Gasteiger partial charge in [-0.25, -0.2) is 4.79 Å². The summed E-state index contributed by atoms with van der Waals surface area (Å²) in [6, 6.07) is 6.71. The van der Waals surface area contributed by atoms with Crippen LogP contribution in [-0.2, 0) is 14.3 Å². The molecule has 0 bridgehead atoms. The summed E-state index contributed by atoms with van der Waals surface area (Å²) in [5.74, 6) is 0.543. The second-order valence-electron chi connectivity index (χ2n) is 8.22. The van der Waals surface area contributed by atoms with Crippen LogP contribution in [0.4, 0.5) is 0 Å². The van der Waals surface area contributed by atoms with Crippen molar-refractivity contribution in [3.63, 3.8) is 0 Å². The summed E-state index contributed by atoms with van der Waals surface area (Å²) < 4.78 is 10.9. The minimum absolute atomic E-state index is 0.0242. The average Bonchev–Trinajstić information content (AvgIpc) is 3.04. The monoisotopic (exact) mass is 384 g/mol. The summed E-state index contributed by atoms with van der Waals surface area (Å²) in [6.45, 7) is 7.57. The fourth-order valence-electron chi connectivity index (χ4n) is 4.72. The van der Waals surface area contributed by atoms with Crippen LogP contribution in [0.5, 0.6) is 5.75 Å². The Morgan fingerprint density at radius 2 is 1.79 bits per heavy atom. The largest absolute Gasteiger partial charge is 0.497 e. The smallest absolute Gasteiger partial charge is 0.338 e. The zero-order valence-corrected chi connectivity index (χ0v) is 17.2. The lowest BCUT2D eigenvalue weighted by Gasteiger charge is -2.36. The molecule has 1 saturated carbocycles. The van der Waals surface area contributed by atoms with Gasteiger partial charge in [0.15, 0.2) is 5.78 Å². The van der Waals surface area contributed by atoms with Crippen LogP contribution < -0.4 is 4.74 Å². The maximum atomic E-state index is 12.7. The molecular weight excluding hydrogens is 356 g/mol. The van der Waals surface area contributed by atoms with E-state index in [0.717, 1.165) is 5.57 Å². The summed E-state index contributed by atoms with van der Waals surface area (Å²) in [5, 5.41) is 0. The van der Waals surface area contributed by atoms with Crippen LogP contribution in [0, 0.1) is 23.7 Å². The van der Waals surface area contributed by atoms with Crippen LogP contribution >= 0.6 is 0 Å². The van der Waals surface area contributed by atoms with Gasteiger partial charge in [-0.2, -0.15) is 0 Å². The maximum absolute atomic E-state index is 12.7. The number of benzene rings is 1. The van der Waals surface area contributed by atoms with E-state index < -0.39 is 12.1 Å². The Labute approximate surface area is 166 Å². The maximum Gasteiger partial charge on any atom is 0.338 e. The van der Waals surface area contributed by atoms with E-state index in [0.29, 0.717) is 29.7 Å². The molecule has 1 aromatic carbocycles. The number of hydrogen-bond donors (Lipinski definition) is 0. The van der Waals surface area contributed by atoms with E-state index in [1.807, 2.05) is 0 Å². The Hall–Kier alpha value is -2.43. The lowest BCUT2D eigenvalue weighted by Crippen LogP contribution is -2.35. The van der Waals surface area contributed by atoms with E-state index in [1.165, 1.54) is 0 Å². The second-order valence-corrected chi connectivity index (χ2v) is 8.22. The molecule has 0 aromatic heterocycles. The quantitative estimate of drug-likeness (QED) is 0.718. The normalized spacial score (nSPS) is 27.0. The molecule has 2 aliphatic rings. The van der Waals surface area contributed by atoms with Gasteiger partial charge in [0.05, 0.1) is 12.7 Å². The molecule has 1 aromatic rings. The summed E-state index contributed by atoms with van der Waals surface area (Å²) in [5.41, 5.74) is 1.94. The van der Waals surface area contributed by atoms with Crippen LogP contribution in [0.15, 0.2) is 35.4 Å². The Morgan fingerprint density at radius 3 is 2.32 bits per heavy atom. The van der Waals surface area contributed by atoms with Gasteiger partial charge in [-0.3, -0.25) is 9.59 Å². The van der Waals surface area contributed by atoms with Crippen molar-refractivity contribution < 1.29 is 23.9 Å². The van der Waals surface area contributed by atoms with Crippen LogP contribution in [-0.4, -0.2) is 30.7 Å². The topological polar surface area (TPSA) is 69.7 Å². The number of rotatable bonds is 5. The fraction of sp³-hybridized carbons (Fsp3) is 0.522. The molecule has 0 spiro atoms. The zero-order valence-electron chi connectivity index (χ0n) is 17.2. The van der Waals surface area contributed by atoms with Gasteiger partial charge in [0.1, 0.15) is 17.6 Å². The number of ketones is 2. The molecule has 0 N–H and O–H groups in total. The van der Waals surface area contributed by atoms with Crippen LogP contribution in [0.3, 0.4) is 0 Å². The zero-order chi connectivity index (χ0) is 20.6. The Bertz CT molecular complexity index is 818. The Kier molecular flexibility index (Phi) is 5.73. The van der Waals surface area contributed by atoms with Crippen molar-refractivity contribution in [2.45, 2.75) is 46.6 Å². The molecule has 0 unspecified atom stereocenters. The van der Waals surface area contributed by atoms with Gasteiger partial charge in [-0.05, 0) is 73.4 Å². The van der Waals surface area contributed by atoms with E-state index in [4.69, 9.17) is 9.47 Å². The first-order chi connectivity index (χ1) is 13.2. The standard InChI is InChI=1S/C23H28O5/c1-12(2)17-10-19(25)13(3)21-20(11-18(14(4)24)22(17)21)28-23(26)15-6-8-16(27-5)9-7-15/h6-9,12,17-18,20,22H,10-11H2,1-5H3/t17-,18+,20-,22+/m0/s1. The lowest BCUT2D eigenvalue weighted by molar-refractivity contribution is -0.124. The molecule has 150 valence electrons. The average molecular weight is 384 g/mol.